The zero-order valence-electron chi connectivity index (χ0n) is 8.46. The second-order valence-corrected chi connectivity index (χ2v) is 3.83. The van der Waals surface area contributed by atoms with Crippen LogP contribution in [0.15, 0.2) is 24.3 Å². The summed E-state index contributed by atoms with van der Waals surface area (Å²) in [4.78, 5) is 0. The summed E-state index contributed by atoms with van der Waals surface area (Å²) in [6.07, 6.45) is 6.60. The van der Waals surface area contributed by atoms with Crippen molar-refractivity contribution in [3.63, 3.8) is 0 Å². The van der Waals surface area contributed by atoms with Crippen LogP contribution >= 0.6 is 0 Å². The second-order valence-electron chi connectivity index (χ2n) is 3.83. The van der Waals surface area contributed by atoms with E-state index >= 15 is 0 Å². The maximum absolute atomic E-state index is 5.58. The largest absolute Gasteiger partial charge is 0.312 e. The van der Waals surface area contributed by atoms with Crippen LogP contribution in [0.3, 0.4) is 0 Å². The molecule has 0 spiro atoms. The third-order valence-electron chi connectivity index (χ3n) is 3.06. The predicted octanol–water partition coefficient (Wildman–Crippen LogP) is 1.73. The Morgan fingerprint density at radius 3 is 3.07 bits per heavy atom. The quantitative estimate of drug-likeness (QED) is 0.635. The minimum atomic E-state index is 0.935. The zero-order chi connectivity index (χ0) is 10.3. The Labute approximate surface area is 88.9 Å². The van der Waals surface area contributed by atoms with E-state index in [1.807, 2.05) is 10.6 Å². The fraction of sp³-hybridized carbons (Fsp3) is 0.231. The van der Waals surface area contributed by atoms with Crippen LogP contribution in [-0.2, 0) is 13.0 Å². The minimum absolute atomic E-state index is 0.935. The fourth-order valence-corrected chi connectivity index (χ4v) is 2.39. The molecule has 2 aromatic rings. The van der Waals surface area contributed by atoms with Gasteiger partial charge in [-0.2, -0.15) is 0 Å². The highest BCUT2D eigenvalue weighted by molar-refractivity contribution is 5.86. The van der Waals surface area contributed by atoms with Gasteiger partial charge in [0.25, 0.3) is 0 Å². The molecular weight excluding hydrogens is 184 g/mol. The van der Waals surface area contributed by atoms with Crippen LogP contribution in [0.2, 0.25) is 0 Å². The van der Waals surface area contributed by atoms with Gasteiger partial charge in [-0.25, -0.2) is 0 Å². The Morgan fingerprint density at radius 1 is 1.33 bits per heavy atom. The molecule has 0 unspecified atom stereocenters. The van der Waals surface area contributed by atoms with E-state index in [0.29, 0.717) is 0 Å². The van der Waals surface area contributed by atoms with Gasteiger partial charge in [-0.05, 0) is 11.6 Å². The van der Waals surface area contributed by atoms with Crippen molar-refractivity contribution in [3.8, 4) is 12.5 Å². The first-order valence-corrected chi connectivity index (χ1v) is 5.20. The third-order valence-corrected chi connectivity index (χ3v) is 3.06. The number of para-hydroxylation sites is 1. The number of nitrogens with one attached hydrogen (secondary N) is 1. The summed E-state index contributed by atoms with van der Waals surface area (Å²) < 4.78 is 1.99. The highest BCUT2D eigenvalue weighted by Gasteiger charge is 2.18. The predicted molar refractivity (Wildman–Crippen MR) is 61.6 cm³/mol. The van der Waals surface area contributed by atoms with Crippen LogP contribution in [0.5, 0.6) is 0 Å². The fourth-order valence-electron chi connectivity index (χ4n) is 2.39. The molecule has 2 nitrogen and oxygen atoms in total. The lowest BCUT2D eigenvalue weighted by Gasteiger charge is -2.13. The van der Waals surface area contributed by atoms with E-state index in [1.54, 1.807) is 0 Å². The van der Waals surface area contributed by atoms with Crippen LogP contribution in [0.25, 0.3) is 10.9 Å². The van der Waals surface area contributed by atoms with Crippen molar-refractivity contribution in [1.82, 2.24) is 9.88 Å². The smallest absolute Gasteiger partial charge is 0.0618 e. The van der Waals surface area contributed by atoms with Gasteiger partial charge in [-0.3, -0.25) is 4.57 Å². The van der Waals surface area contributed by atoms with Crippen molar-refractivity contribution < 1.29 is 0 Å². The van der Waals surface area contributed by atoms with E-state index in [-0.39, 0.29) is 0 Å². The summed E-state index contributed by atoms with van der Waals surface area (Å²) in [6, 6.07) is 11.1. The van der Waals surface area contributed by atoms with Gasteiger partial charge < -0.3 is 5.32 Å². The summed E-state index contributed by atoms with van der Waals surface area (Å²) in [5.74, 6) is 0. The average Bonchev–Trinajstić information content (AvgIpc) is 2.63. The SMILES string of the molecule is C#Cn1c2c(c3ccccc31)CNCC2. The third kappa shape index (κ3) is 1.10. The van der Waals surface area contributed by atoms with Crippen molar-refractivity contribution in [3.05, 3.63) is 35.5 Å². The van der Waals surface area contributed by atoms with Crippen LogP contribution in [0, 0.1) is 12.5 Å². The maximum Gasteiger partial charge on any atom is 0.0618 e. The van der Waals surface area contributed by atoms with Gasteiger partial charge in [0.2, 0.25) is 0 Å². The molecular formula is C13H12N2. The molecule has 1 N–H and O–H groups in total. The standard InChI is InChI=1S/C13H12N2/c1-2-15-12-6-4-3-5-10(12)11-9-14-8-7-13(11)15/h1,3-6,14H,7-9H2. The highest BCUT2D eigenvalue weighted by Crippen LogP contribution is 2.27. The molecule has 2 heterocycles. The first-order valence-electron chi connectivity index (χ1n) is 5.20. The molecule has 2 heteroatoms. The first kappa shape index (κ1) is 8.58. The molecule has 1 aromatic heterocycles. The molecule has 74 valence electrons. The molecule has 0 atom stereocenters. The number of terminal acetylenes is 1. The van der Waals surface area contributed by atoms with E-state index in [9.17, 15) is 0 Å². The Balaban J connectivity index is 2.44. The Morgan fingerprint density at radius 2 is 2.20 bits per heavy atom. The molecule has 0 saturated heterocycles. The number of benzene rings is 1. The number of nitrogens with zero attached hydrogens (tertiary/aromatic N) is 1. The second kappa shape index (κ2) is 3.15. The van der Waals surface area contributed by atoms with Crippen LogP contribution in [-0.4, -0.2) is 11.1 Å². The summed E-state index contributed by atoms with van der Waals surface area (Å²) in [5.41, 5.74) is 3.83. The molecule has 0 bridgehead atoms. The van der Waals surface area contributed by atoms with E-state index in [0.717, 1.165) is 25.0 Å². The van der Waals surface area contributed by atoms with Gasteiger partial charge in [0.05, 0.1) is 5.52 Å². The Bertz CT molecular complexity index is 558. The number of fused-ring (bicyclic) bond motifs is 3. The van der Waals surface area contributed by atoms with Crippen molar-refractivity contribution in [2.24, 2.45) is 0 Å². The Hall–Kier alpha value is -1.72. The van der Waals surface area contributed by atoms with Gasteiger partial charge >= 0.3 is 0 Å². The van der Waals surface area contributed by atoms with Crippen LogP contribution in [0.1, 0.15) is 11.3 Å². The van der Waals surface area contributed by atoms with Gasteiger partial charge in [0.1, 0.15) is 0 Å². The minimum Gasteiger partial charge on any atom is -0.312 e. The number of aromatic nitrogens is 1. The van der Waals surface area contributed by atoms with Gasteiger partial charge in [0, 0.05) is 36.6 Å². The summed E-state index contributed by atoms with van der Waals surface area (Å²) in [6.45, 7) is 1.95. The molecule has 3 rings (SSSR count). The lowest BCUT2D eigenvalue weighted by molar-refractivity contribution is 0.633. The van der Waals surface area contributed by atoms with Gasteiger partial charge in [-0.15, -0.1) is 0 Å². The van der Waals surface area contributed by atoms with Crippen LogP contribution < -0.4 is 5.32 Å². The van der Waals surface area contributed by atoms with Crippen LogP contribution in [0.4, 0.5) is 0 Å². The molecule has 0 aliphatic carbocycles. The molecule has 0 saturated carbocycles. The van der Waals surface area contributed by atoms with E-state index in [4.69, 9.17) is 6.42 Å². The molecule has 0 fully saturated rings. The average molecular weight is 196 g/mol. The molecule has 1 aliphatic heterocycles. The summed E-state index contributed by atoms with van der Waals surface area (Å²) in [7, 11) is 0. The molecule has 1 aromatic carbocycles. The van der Waals surface area contributed by atoms with Crippen molar-refractivity contribution in [2.75, 3.05) is 6.54 Å². The van der Waals surface area contributed by atoms with E-state index < -0.39 is 0 Å². The molecule has 1 aliphatic rings. The monoisotopic (exact) mass is 196 g/mol. The lowest BCUT2D eigenvalue weighted by Crippen LogP contribution is -2.24. The number of hydrogen-bond acceptors (Lipinski definition) is 1. The van der Waals surface area contributed by atoms with E-state index in [1.165, 1.54) is 16.6 Å². The van der Waals surface area contributed by atoms with Gasteiger partial charge in [0.15, 0.2) is 0 Å². The number of rotatable bonds is 0. The lowest BCUT2D eigenvalue weighted by atomic mass is 10.1. The molecule has 0 radical (unpaired) electrons. The van der Waals surface area contributed by atoms with E-state index in [2.05, 4.69) is 29.6 Å². The normalized spacial score (nSPS) is 14.9. The molecule has 0 amide bonds. The summed E-state index contributed by atoms with van der Waals surface area (Å²) in [5, 5.41) is 4.68. The highest BCUT2D eigenvalue weighted by atomic mass is 15.0. The van der Waals surface area contributed by atoms with Gasteiger partial charge in [-0.1, -0.05) is 24.6 Å². The first-order chi connectivity index (χ1) is 7.42. The summed E-state index contributed by atoms with van der Waals surface area (Å²) >= 11 is 0. The van der Waals surface area contributed by atoms with Crippen molar-refractivity contribution in [2.45, 2.75) is 13.0 Å². The zero-order valence-corrected chi connectivity index (χ0v) is 8.46. The molecule has 15 heavy (non-hydrogen) atoms. The maximum atomic E-state index is 5.58. The van der Waals surface area contributed by atoms with Crippen molar-refractivity contribution in [1.29, 1.82) is 0 Å². The van der Waals surface area contributed by atoms with Crippen molar-refractivity contribution >= 4 is 10.9 Å². The topological polar surface area (TPSA) is 17.0 Å². The Kier molecular flexibility index (Phi) is 1.80. The number of hydrogen-bond donors (Lipinski definition) is 1.